The number of nitrogens with one attached hydrogen (secondary N) is 1. The summed E-state index contributed by atoms with van der Waals surface area (Å²) in [6.45, 7) is 3.91. The number of carbonyl (C=O) groups is 2. The molecule has 2 amide bonds. The van der Waals surface area contributed by atoms with Gasteiger partial charge in [-0.15, -0.1) is 10.2 Å². The molecule has 2 aliphatic rings. The minimum absolute atomic E-state index is 0.171. The first-order chi connectivity index (χ1) is 13.9. The first-order valence-corrected chi connectivity index (χ1v) is 10.6. The topological polar surface area (TPSA) is 103 Å². The third kappa shape index (κ3) is 3.85. The van der Waals surface area contributed by atoms with E-state index < -0.39 is 5.91 Å². The first-order valence-electron chi connectivity index (χ1n) is 9.60. The Kier molecular flexibility index (Phi) is 5.27. The lowest BCUT2D eigenvalue weighted by molar-refractivity contribution is -0.117. The quantitative estimate of drug-likeness (QED) is 0.714. The summed E-state index contributed by atoms with van der Waals surface area (Å²) in [5, 5.41) is 11.9. The number of primary amides is 1. The molecule has 2 aliphatic carbocycles. The molecule has 0 unspecified atom stereocenters. The van der Waals surface area contributed by atoms with Crippen molar-refractivity contribution in [3.05, 3.63) is 58.1 Å². The van der Waals surface area contributed by atoms with E-state index in [0.717, 1.165) is 36.3 Å². The van der Waals surface area contributed by atoms with Gasteiger partial charge < -0.3 is 11.1 Å². The molecule has 8 heteroatoms. The molecule has 0 fully saturated rings. The van der Waals surface area contributed by atoms with Gasteiger partial charge in [-0.2, -0.15) is 0 Å². The van der Waals surface area contributed by atoms with Crippen molar-refractivity contribution < 1.29 is 9.59 Å². The molecule has 1 aromatic heterocycles. The lowest BCUT2D eigenvalue weighted by Gasteiger charge is -2.11. The van der Waals surface area contributed by atoms with Crippen LogP contribution in [0.1, 0.15) is 37.1 Å². The maximum absolute atomic E-state index is 12.6. The molecule has 150 valence electrons. The summed E-state index contributed by atoms with van der Waals surface area (Å²) in [7, 11) is 0. The molecule has 7 nitrogen and oxygen atoms in total. The molecule has 0 atom stereocenters. The zero-order valence-corrected chi connectivity index (χ0v) is 17.3. The average molecular weight is 410 g/mol. The Bertz CT molecular complexity index is 1050. The second-order valence-electron chi connectivity index (χ2n) is 7.37. The van der Waals surface area contributed by atoms with Crippen molar-refractivity contribution in [2.75, 3.05) is 5.75 Å². The van der Waals surface area contributed by atoms with Gasteiger partial charge in [0.15, 0.2) is 5.16 Å². The third-order valence-corrected chi connectivity index (χ3v) is 6.21. The second-order valence-corrected chi connectivity index (χ2v) is 8.31. The average Bonchev–Trinajstić information content (AvgIpc) is 3.35. The minimum Gasteiger partial charge on any atom is -0.366 e. The number of hydrogen-bond acceptors (Lipinski definition) is 5. The predicted molar refractivity (Wildman–Crippen MR) is 111 cm³/mol. The van der Waals surface area contributed by atoms with Crippen LogP contribution in [0.3, 0.4) is 0 Å². The van der Waals surface area contributed by atoms with E-state index in [1.54, 1.807) is 0 Å². The molecule has 3 N–H and O–H groups in total. The highest BCUT2D eigenvalue weighted by atomic mass is 32.2. The number of aromatic nitrogens is 3. The lowest BCUT2D eigenvalue weighted by Crippen LogP contribution is -2.28. The minimum atomic E-state index is -0.463. The van der Waals surface area contributed by atoms with Crippen LogP contribution in [0.2, 0.25) is 0 Å². The number of carbonyl (C=O) groups excluding carboxylic acids is 2. The molecule has 0 saturated heterocycles. The van der Waals surface area contributed by atoms with Crippen LogP contribution >= 0.6 is 11.8 Å². The summed E-state index contributed by atoms with van der Waals surface area (Å²) >= 11 is 1.31. The number of amides is 2. The van der Waals surface area contributed by atoms with E-state index >= 15 is 0 Å². The number of nitrogens with two attached hydrogens (primary N) is 1. The van der Waals surface area contributed by atoms with Gasteiger partial charge in [0.2, 0.25) is 5.91 Å². The number of nitrogens with zero attached hydrogens (tertiary/aromatic N) is 3. The largest absolute Gasteiger partial charge is 0.366 e. The van der Waals surface area contributed by atoms with Crippen LogP contribution in [0.4, 0.5) is 0 Å². The van der Waals surface area contributed by atoms with E-state index in [1.165, 1.54) is 22.9 Å². The Hall–Kier alpha value is -2.87. The zero-order valence-electron chi connectivity index (χ0n) is 16.5. The van der Waals surface area contributed by atoms with Crippen LogP contribution in [0.15, 0.2) is 51.8 Å². The number of aryl methyl sites for hydroxylation is 2. The summed E-state index contributed by atoms with van der Waals surface area (Å²) in [6, 6.07) is 8.07. The number of allylic oxidation sites excluding steroid dienone is 1. The van der Waals surface area contributed by atoms with Crippen molar-refractivity contribution in [1.82, 2.24) is 20.1 Å². The molecule has 0 bridgehead atoms. The fourth-order valence-electron chi connectivity index (χ4n) is 3.95. The number of rotatable bonds is 6. The summed E-state index contributed by atoms with van der Waals surface area (Å²) in [6.07, 6.45) is 3.50. The van der Waals surface area contributed by atoms with Gasteiger partial charge >= 0.3 is 0 Å². The van der Waals surface area contributed by atoms with E-state index in [4.69, 9.17) is 5.73 Å². The monoisotopic (exact) mass is 409 g/mol. The summed E-state index contributed by atoms with van der Waals surface area (Å²) in [5.41, 5.74) is 11.1. The van der Waals surface area contributed by atoms with Gasteiger partial charge in [-0.1, -0.05) is 35.0 Å². The highest BCUT2D eigenvalue weighted by Crippen LogP contribution is 2.41. The SMILES string of the molecule is Cc1ccc(-n2c(C)nnc2SCC(=O)NC2=C(C(N)=O)C3=C(CCC3)C2)cc1. The molecule has 4 rings (SSSR count). The number of benzene rings is 1. The maximum Gasteiger partial charge on any atom is 0.250 e. The third-order valence-electron chi connectivity index (χ3n) is 5.28. The first kappa shape index (κ1) is 19.4. The zero-order chi connectivity index (χ0) is 20.5. The van der Waals surface area contributed by atoms with E-state index in [1.807, 2.05) is 42.7 Å². The molecular formula is C21H23N5O2S. The van der Waals surface area contributed by atoms with Gasteiger partial charge in [-0.05, 0) is 50.8 Å². The van der Waals surface area contributed by atoms with Gasteiger partial charge in [-0.3, -0.25) is 14.2 Å². The lowest BCUT2D eigenvalue weighted by atomic mass is 10.1. The summed E-state index contributed by atoms with van der Waals surface area (Å²) in [4.78, 5) is 24.5. The van der Waals surface area contributed by atoms with Crippen LogP contribution in [0.5, 0.6) is 0 Å². The smallest absolute Gasteiger partial charge is 0.250 e. The highest BCUT2D eigenvalue weighted by molar-refractivity contribution is 7.99. The molecule has 29 heavy (non-hydrogen) atoms. The number of hydrogen-bond donors (Lipinski definition) is 2. The van der Waals surface area contributed by atoms with Crippen molar-refractivity contribution in [3.8, 4) is 5.69 Å². The molecule has 0 radical (unpaired) electrons. The van der Waals surface area contributed by atoms with Crippen molar-refractivity contribution in [2.45, 2.75) is 44.7 Å². The Balaban J connectivity index is 1.45. The van der Waals surface area contributed by atoms with E-state index in [9.17, 15) is 9.59 Å². The second kappa shape index (κ2) is 7.87. The Labute approximate surface area is 173 Å². The van der Waals surface area contributed by atoms with Crippen molar-refractivity contribution >= 4 is 23.6 Å². The predicted octanol–water partition coefficient (Wildman–Crippen LogP) is 2.72. The molecule has 0 saturated carbocycles. The number of thioether (sulfide) groups is 1. The van der Waals surface area contributed by atoms with Gasteiger partial charge in [0.05, 0.1) is 11.3 Å². The van der Waals surface area contributed by atoms with Crippen LogP contribution in [0.25, 0.3) is 5.69 Å². The van der Waals surface area contributed by atoms with Gasteiger partial charge in [0.25, 0.3) is 5.91 Å². The van der Waals surface area contributed by atoms with Crippen molar-refractivity contribution in [2.24, 2.45) is 5.73 Å². The molecule has 0 aliphatic heterocycles. The fraction of sp³-hybridized carbons (Fsp3) is 0.333. The van der Waals surface area contributed by atoms with Gasteiger partial charge in [0, 0.05) is 17.8 Å². The Morgan fingerprint density at radius 2 is 1.93 bits per heavy atom. The molecule has 1 heterocycles. The van der Waals surface area contributed by atoms with Crippen LogP contribution in [0, 0.1) is 13.8 Å². The highest BCUT2D eigenvalue weighted by Gasteiger charge is 2.31. The molecular weight excluding hydrogens is 386 g/mol. The Morgan fingerprint density at radius 3 is 2.66 bits per heavy atom. The van der Waals surface area contributed by atoms with Gasteiger partial charge in [0.1, 0.15) is 5.82 Å². The summed E-state index contributed by atoms with van der Waals surface area (Å²) in [5.74, 6) is 0.284. The van der Waals surface area contributed by atoms with Gasteiger partial charge in [-0.25, -0.2) is 0 Å². The van der Waals surface area contributed by atoms with E-state index in [0.29, 0.717) is 22.8 Å². The van der Waals surface area contributed by atoms with E-state index in [-0.39, 0.29) is 11.7 Å². The van der Waals surface area contributed by atoms with Crippen molar-refractivity contribution in [1.29, 1.82) is 0 Å². The maximum atomic E-state index is 12.6. The molecule has 2 aromatic rings. The van der Waals surface area contributed by atoms with Crippen LogP contribution < -0.4 is 11.1 Å². The molecule has 1 aromatic carbocycles. The van der Waals surface area contributed by atoms with Crippen LogP contribution in [-0.2, 0) is 9.59 Å². The standard InChI is InChI=1S/C21H23N5O2S/c1-12-6-8-15(9-7-12)26-13(2)24-25-21(26)29-11-18(27)23-17-10-14-4-3-5-16(14)19(17)20(22)28/h6-9H,3-5,10-11H2,1-2H3,(H2,22,28)(H,23,27). The molecule has 0 spiro atoms. The van der Waals surface area contributed by atoms with Crippen LogP contribution in [-0.4, -0.2) is 32.3 Å². The van der Waals surface area contributed by atoms with Crippen molar-refractivity contribution in [3.63, 3.8) is 0 Å². The fourth-order valence-corrected chi connectivity index (χ4v) is 4.75. The Morgan fingerprint density at radius 1 is 1.17 bits per heavy atom. The summed E-state index contributed by atoms with van der Waals surface area (Å²) < 4.78 is 1.93. The normalized spacial score (nSPS) is 15.8. The van der Waals surface area contributed by atoms with E-state index in [2.05, 4.69) is 15.5 Å².